The summed E-state index contributed by atoms with van der Waals surface area (Å²) >= 11 is 0. The third kappa shape index (κ3) is 4.40. The van der Waals surface area contributed by atoms with Gasteiger partial charge in [0.25, 0.3) is 5.91 Å². The molecule has 1 aliphatic heterocycles. The molecular weight excluding hydrogens is 422 g/mol. The summed E-state index contributed by atoms with van der Waals surface area (Å²) in [6.07, 6.45) is -0.0155. The van der Waals surface area contributed by atoms with Gasteiger partial charge in [0, 0.05) is 31.2 Å². The Labute approximate surface area is 171 Å². The van der Waals surface area contributed by atoms with Gasteiger partial charge in [0.1, 0.15) is 5.82 Å². The molecule has 1 fully saturated rings. The molecule has 0 saturated carbocycles. The van der Waals surface area contributed by atoms with E-state index in [9.17, 15) is 26.8 Å². The molecule has 30 heavy (non-hydrogen) atoms. The molecule has 1 atom stereocenters. The molecule has 13 heteroatoms. The lowest BCUT2D eigenvalue weighted by atomic mass is 10.1. The van der Waals surface area contributed by atoms with E-state index < -0.39 is 26.4 Å². The van der Waals surface area contributed by atoms with Crippen molar-refractivity contribution in [1.29, 1.82) is 0 Å². The maximum Gasteiger partial charge on any atom is 0.341 e. The molecule has 1 aliphatic rings. The highest BCUT2D eigenvalue weighted by atomic mass is 32.2. The lowest BCUT2D eigenvalue weighted by Gasteiger charge is -2.40. The molecule has 10 nitrogen and oxygen atoms in total. The quantitative estimate of drug-likeness (QED) is 0.678. The van der Waals surface area contributed by atoms with Crippen LogP contribution < -0.4 is 5.73 Å². The maximum absolute atomic E-state index is 12.8. The Hall–Kier alpha value is -3.09. The topological polar surface area (TPSA) is 142 Å². The van der Waals surface area contributed by atoms with Gasteiger partial charge in [-0.2, -0.15) is 13.8 Å². The van der Waals surface area contributed by atoms with E-state index in [1.807, 2.05) is 0 Å². The number of nitrogens with one attached hydrogen (secondary N) is 1. The Morgan fingerprint density at radius 2 is 2.07 bits per heavy atom. The fourth-order valence-electron chi connectivity index (χ4n) is 3.20. The average molecular weight is 442 g/mol. The molecule has 1 unspecified atom stereocenters. The van der Waals surface area contributed by atoms with Crippen molar-refractivity contribution in [2.24, 2.45) is 0 Å². The van der Waals surface area contributed by atoms with Gasteiger partial charge >= 0.3 is 5.76 Å². The molecule has 0 bridgehead atoms. The van der Waals surface area contributed by atoms with E-state index in [1.54, 1.807) is 11.8 Å². The first-order chi connectivity index (χ1) is 14.1. The number of nitrogens with two attached hydrogens (primary N) is 1. The van der Waals surface area contributed by atoms with Crippen molar-refractivity contribution in [1.82, 2.24) is 25.0 Å². The van der Waals surface area contributed by atoms with E-state index in [1.165, 1.54) is 17.0 Å². The molecule has 162 valence electrons. The molecule has 2 aromatic rings. The Balaban J connectivity index is 1.68. The number of nitrogens with zero attached hydrogens (tertiary/aromatic N) is 4. The Kier molecular flexibility index (Phi) is 6.01. The minimum absolute atomic E-state index is 0.0134. The Bertz CT molecular complexity index is 1060. The predicted octanol–water partition coefficient (Wildman–Crippen LogP) is 0.299. The van der Waals surface area contributed by atoms with Gasteiger partial charge in [0.2, 0.25) is 21.7 Å². The van der Waals surface area contributed by atoms with Gasteiger partial charge in [-0.15, -0.1) is 5.10 Å². The highest BCUT2D eigenvalue weighted by molar-refractivity contribution is 7.91. The molecule has 0 radical (unpaired) electrons. The first-order valence-electron chi connectivity index (χ1n) is 8.97. The van der Waals surface area contributed by atoms with E-state index in [0.29, 0.717) is 5.82 Å². The normalized spacial score (nSPS) is 17.4. The van der Waals surface area contributed by atoms with E-state index in [2.05, 4.69) is 15.2 Å². The molecule has 1 aromatic carbocycles. The molecule has 3 N–H and O–H groups in total. The molecule has 2 heterocycles. The summed E-state index contributed by atoms with van der Waals surface area (Å²) in [5, 5.41) is 6.22. The van der Waals surface area contributed by atoms with Crippen LogP contribution in [0.25, 0.3) is 0 Å². The van der Waals surface area contributed by atoms with Crippen LogP contribution in [0.2, 0.25) is 0 Å². The van der Waals surface area contributed by atoms with Crippen molar-refractivity contribution in [3.05, 3.63) is 35.7 Å². The number of hydrogen-bond acceptors (Lipinski definition) is 7. The Morgan fingerprint density at radius 3 is 2.67 bits per heavy atom. The number of H-pyrrole nitrogens is 1. The summed E-state index contributed by atoms with van der Waals surface area (Å²) in [7, 11) is -4.81. The van der Waals surface area contributed by atoms with Gasteiger partial charge in [-0.05, 0) is 25.1 Å². The fraction of sp³-hybridized carbons (Fsp3) is 0.412. The number of piperazine rings is 1. The van der Waals surface area contributed by atoms with Gasteiger partial charge in [0.15, 0.2) is 0 Å². The minimum Gasteiger partial charge on any atom is -0.367 e. The Morgan fingerprint density at radius 1 is 1.33 bits per heavy atom. The number of carbonyl (C=O) groups is 2. The van der Waals surface area contributed by atoms with Crippen LogP contribution in [-0.2, 0) is 21.1 Å². The van der Waals surface area contributed by atoms with Gasteiger partial charge in [0.05, 0.1) is 11.3 Å². The third-order valence-corrected chi connectivity index (χ3v) is 6.13. The number of aromatic nitrogens is 3. The van der Waals surface area contributed by atoms with Gasteiger partial charge in [-0.1, -0.05) is 6.07 Å². The summed E-state index contributed by atoms with van der Waals surface area (Å²) in [4.78, 5) is 31.6. The van der Waals surface area contributed by atoms with Crippen molar-refractivity contribution in [3.63, 3.8) is 0 Å². The number of nitrogen functional groups attached to an aromatic ring is 1. The standard InChI is InChI=1S/C17H20F2N6O4S/c1-10-9-24(14(26)8-13-21-17(20)23-22-13)5-6-25(10)15(27)11-3-2-4-12(7-11)30(28,29)16(18)19/h2-4,7,10,16H,5-6,8-9H2,1H3,(H3,20,21,22,23). The van der Waals surface area contributed by atoms with Crippen LogP contribution in [0.15, 0.2) is 29.2 Å². The van der Waals surface area contributed by atoms with Crippen molar-refractivity contribution in [3.8, 4) is 0 Å². The van der Waals surface area contributed by atoms with Gasteiger partial charge < -0.3 is 15.5 Å². The van der Waals surface area contributed by atoms with E-state index in [-0.39, 0.29) is 49.5 Å². The molecule has 1 aromatic heterocycles. The molecule has 0 spiro atoms. The van der Waals surface area contributed by atoms with Crippen molar-refractivity contribution >= 4 is 27.6 Å². The van der Waals surface area contributed by atoms with E-state index in [4.69, 9.17) is 5.73 Å². The van der Waals surface area contributed by atoms with E-state index in [0.717, 1.165) is 12.1 Å². The number of benzene rings is 1. The summed E-state index contributed by atoms with van der Waals surface area (Å²) in [5.41, 5.74) is 5.40. The smallest absolute Gasteiger partial charge is 0.341 e. The van der Waals surface area contributed by atoms with Crippen LogP contribution in [0.1, 0.15) is 23.1 Å². The second kappa shape index (κ2) is 8.34. The summed E-state index contributed by atoms with van der Waals surface area (Å²) in [5.74, 6) is -3.91. The predicted molar refractivity (Wildman–Crippen MR) is 101 cm³/mol. The second-order valence-corrected chi connectivity index (χ2v) is 8.76. The number of aromatic amines is 1. The highest BCUT2D eigenvalue weighted by Gasteiger charge is 2.32. The number of anilines is 1. The van der Waals surface area contributed by atoms with Crippen molar-refractivity contribution < 1.29 is 26.8 Å². The maximum atomic E-state index is 12.8. The van der Waals surface area contributed by atoms with Crippen LogP contribution in [0.4, 0.5) is 14.7 Å². The van der Waals surface area contributed by atoms with Crippen LogP contribution in [-0.4, -0.2) is 76.6 Å². The number of rotatable bonds is 5. The first-order valence-corrected chi connectivity index (χ1v) is 10.5. The van der Waals surface area contributed by atoms with Crippen LogP contribution in [0.3, 0.4) is 0 Å². The lowest BCUT2D eigenvalue weighted by Crippen LogP contribution is -2.55. The second-order valence-electron chi connectivity index (χ2n) is 6.84. The summed E-state index contributed by atoms with van der Waals surface area (Å²) in [6.45, 7) is 2.45. The number of carbonyl (C=O) groups excluding carboxylic acids is 2. The number of hydrogen-bond donors (Lipinski definition) is 2. The first kappa shape index (κ1) is 21.6. The minimum atomic E-state index is -4.81. The monoisotopic (exact) mass is 442 g/mol. The van der Waals surface area contributed by atoms with Crippen LogP contribution >= 0.6 is 0 Å². The zero-order chi connectivity index (χ0) is 22.1. The number of sulfone groups is 1. The molecule has 3 rings (SSSR count). The lowest BCUT2D eigenvalue weighted by molar-refractivity contribution is -0.133. The molecule has 1 saturated heterocycles. The summed E-state index contributed by atoms with van der Waals surface area (Å²) < 4.78 is 48.9. The average Bonchev–Trinajstić information content (AvgIpc) is 3.11. The van der Waals surface area contributed by atoms with Crippen molar-refractivity contribution in [2.45, 2.75) is 30.0 Å². The van der Waals surface area contributed by atoms with Gasteiger partial charge in [-0.3, -0.25) is 14.7 Å². The van der Waals surface area contributed by atoms with Crippen molar-refractivity contribution in [2.75, 3.05) is 25.4 Å². The third-order valence-electron chi connectivity index (χ3n) is 4.75. The zero-order valence-electron chi connectivity index (χ0n) is 16.0. The number of amides is 2. The number of alkyl halides is 2. The highest BCUT2D eigenvalue weighted by Crippen LogP contribution is 2.21. The van der Waals surface area contributed by atoms with Crippen LogP contribution in [0.5, 0.6) is 0 Å². The number of halogens is 2. The fourth-order valence-corrected chi connectivity index (χ4v) is 3.97. The SMILES string of the molecule is CC1CN(C(=O)Cc2nc(N)n[nH]2)CCN1C(=O)c1cccc(S(=O)(=O)C(F)F)c1. The molecule has 0 aliphatic carbocycles. The molecular formula is C17H20F2N6O4S. The molecule has 2 amide bonds. The zero-order valence-corrected chi connectivity index (χ0v) is 16.8. The van der Waals surface area contributed by atoms with E-state index >= 15 is 0 Å². The van der Waals surface area contributed by atoms with Crippen LogP contribution in [0, 0.1) is 0 Å². The summed E-state index contributed by atoms with van der Waals surface area (Å²) in [6, 6.07) is 4.21. The largest absolute Gasteiger partial charge is 0.367 e. The van der Waals surface area contributed by atoms with Gasteiger partial charge in [-0.25, -0.2) is 8.42 Å².